The van der Waals surface area contributed by atoms with E-state index in [-0.39, 0.29) is 29.6 Å². The second-order valence-electron chi connectivity index (χ2n) is 12.7. The van der Waals surface area contributed by atoms with Crippen molar-refractivity contribution in [1.29, 1.82) is 0 Å². The van der Waals surface area contributed by atoms with E-state index < -0.39 is 5.54 Å². The van der Waals surface area contributed by atoms with Gasteiger partial charge in [0.15, 0.2) is 0 Å². The molecule has 7 nitrogen and oxygen atoms in total. The molecule has 4 aliphatic rings. The monoisotopic (exact) mass is 582 g/mol. The molecule has 4 heterocycles. The molecule has 0 unspecified atom stereocenters. The molecule has 218 valence electrons. The summed E-state index contributed by atoms with van der Waals surface area (Å²) in [7, 11) is 0. The highest BCUT2D eigenvalue weighted by atomic mass is 32.1. The maximum atomic E-state index is 14.1. The van der Waals surface area contributed by atoms with Gasteiger partial charge in [-0.3, -0.25) is 24.3 Å². The number of aliphatic imine (C=N–C) groups is 1. The van der Waals surface area contributed by atoms with Crippen molar-refractivity contribution in [3.63, 3.8) is 0 Å². The average molecular weight is 583 g/mol. The largest absolute Gasteiger partial charge is 0.343 e. The van der Waals surface area contributed by atoms with Crippen molar-refractivity contribution in [2.45, 2.75) is 58.4 Å². The number of hydrogen-bond acceptors (Lipinski definition) is 5. The molecule has 1 saturated carbocycles. The Morgan fingerprint density at radius 2 is 1.62 bits per heavy atom. The van der Waals surface area contributed by atoms with E-state index in [1.165, 1.54) is 26.1 Å². The van der Waals surface area contributed by atoms with Gasteiger partial charge in [-0.15, -0.1) is 11.3 Å². The number of amidine groups is 1. The van der Waals surface area contributed by atoms with E-state index in [0.29, 0.717) is 39.0 Å². The van der Waals surface area contributed by atoms with Crippen molar-refractivity contribution in [2.24, 2.45) is 16.8 Å². The molecule has 3 aliphatic heterocycles. The van der Waals surface area contributed by atoms with Crippen molar-refractivity contribution in [3.05, 3.63) is 58.5 Å². The first kappa shape index (κ1) is 27.3. The summed E-state index contributed by atoms with van der Waals surface area (Å²) < 4.78 is 1.31. The van der Waals surface area contributed by atoms with Gasteiger partial charge in [0.2, 0.25) is 11.8 Å². The van der Waals surface area contributed by atoms with E-state index in [0.717, 1.165) is 42.8 Å². The zero-order valence-corrected chi connectivity index (χ0v) is 25.5. The van der Waals surface area contributed by atoms with Gasteiger partial charge in [0.05, 0.1) is 0 Å². The van der Waals surface area contributed by atoms with Gasteiger partial charge in [-0.05, 0) is 86.1 Å². The number of rotatable bonds is 5. The van der Waals surface area contributed by atoms with Crippen LogP contribution in [0.15, 0.2) is 47.5 Å². The lowest BCUT2D eigenvalue weighted by atomic mass is 9.87. The van der Waals surface area contributed by atoms with Gasteiger partial charge in [0, 0.05) is 60.7 Å². The summed E-state index contributed by atoms with van der Waals surface area (Å²) >= 11 is 1.84. The molecule has 1 atom stereocenters. The quantitative estimate of drug-likeness (QED) is 0.404. The van der Waals surface area contributed by atoms with Crippen LogP contribution in [0.4, 0.5) is 0 Å². The van der Waals surface area contributed by atoms with E-state index >= 15 is 0 Å². The number of fused-ring (bicyclic) bond motifs is 1. The van der Waals surface area contributed by atoms with Gasteiger partial charge in [-0.25, -0.2) is 0 Å². The average Bonchev–Trinajstić information content (AvgIpc) is 3.61. The molecule has 1 aromatic heterocycles. The first-order valence-corrected chi connectivity index (χ1v) is 16.1. The maximum absolute atomic E-state index is 14.1. The molecule has 42 heavy (non-hydrogen) atoms. The third kappa shape index (κ3) is 4.74. The van der Waals surface area contributed by atoms with Crippen molar-refractivity contribution in [1.82, 2.24) is 14.7 Å². The van der Waals surface area contributed by atoms with Gasteiger partial charge in [0.1, 0.15) is 11.4 Å². The molecule has 8 heteroatoms. The summed E-state index contributed by atoms with van der Waals surface area (Å²) in [5.74, 6) is 1.56. The second-order valence-corrected chi connectivity index (χ2v) is 13.9. The number of amides is 3. The Morgan fingerprint density at radius 1 is 0.929 bits per heavy atom. The Balaban J connectivity index is 1.17. The zero-order valence-electron chi connectivity index (χ0n) is 24.7. The van der Waals surface area contributed by atoms with Crippen LogP contribution in [-0.2, 0) is 14.4 Å². The number of piperidine rings is 1. The van der Waals surface area contributed by atoms with Crippen LogP contribution in [0.1, 0.15) is 55.0 Å². The summed E-state index contributed by atoms with van der Waals surface area (Å²) in [4.78, 5) is 51.1. The second kappa shape index (κ2) is 10.3. The van der Waals surface area contributed by atoms with Crippen LogP contribution in [0.2, 0.25) is 0 Å². The Hall–Kier alpha value is -3.52. The fourth-order valence-electron chi connectivity index (χ4n) is 6.93. The number of carbonyl (C=O) groups excluding carboxylic acids is 3. The standard InChI is InChI=1S/C34H38N4O3S/c1-21-22(2)42-30-11-10-28(18-29(21)30)25-4-6-26(7-5-25)31-35-34(13-16-36(17-14-34)23(3)39)33(41)38(31)20-24-12-15-37(19-24)32(40)27-8-9-27/h4-7,10-11,18,24,27H,8-9,12-17,19-20H2,1-3H3/t24-/m1/s1. The van der Waals surface area contributed by atoms with Crippen molar-refractivity contribution < 1.29 is 14.4 Å². The lowest BCUT2D eigenvalue weighted by molar-refractivity contribution is -0.137. The topological polar surface area (TPSA) is 73.3 Å². The van der Waals surface area contributed by atoms with E-state index in [4.69, 9.17) is 4.99 Å². The zero-order chi connectivity index (χ0) is 29.2. The van der Waals surface area contributed by atoms with Crippen LogP contribution < -0.4 is 0 Å². The molecule has 2 saturated heterocycles. The van der Waals surface area contributed by atoms with Crippen LogP contribution in [0.25, 0.3) is 21.2 Å². The van der Waals surface area contributed by atoms with Gasteiger partial charge in [-0.2, -0.15) is 0 Å². The summed E-state index contributed by atoms with van der Waals surface area (Å²) in [6, 6.07) is 15.1. The normalized spacial score (nSPS) is 22.0. The number of nitrogens with zero attached hydrogens (tertiary/aromatic N) is 4. The number of carbonyl (C=O) groups is 3. The molecule has 7 rings (SSSR count). The van der Waals surface area contributed by atoms with E-state index in [1.807, 2.05) is 26.0 Å². The third-order valence-corrected chi connectivity index (χ3v) is 11.1. The van der Waals surface area contributed by atoms with Crippen LogP contribution in [-0.4, -0.2) is 76.5 Å². The lowest BCUT2D eigenvalue weighted by Crippen LogP contribution is -2.51. The molecular weight excluding hydrogens is 544 g/mol. The third-order valence-electron chi connectivity index (χ3n) is 9.87. The fraction of sp³-hybridized carbons (Fsp3) is 0.471. The molecule has 1 aliphatic carbocycles. The lowest BCUT2D eigenvalue weighted by Gasteiger charge is -2.36. The first-order valence-electron chi connectivity index (χ1n) is 15.3. The Labute approximate surface area is 251 Å². The minimum Gasteiger partial charge on any atom is -0.343 e. The molecule has 3 aromatic rings. The summed E-state index contributed by atoms with van der Waals surface area (Å²) in [6.07, 6.45) is 4.01. The highest BCUT2D eigenvalue weighted by Crippen LogP contribution is 2.38. The van der Waals surface area contributed by atoms with Gasteiger partial charge in [0.25, 0.3) is 5.91 Å². The molecular formula is C34H38N4O3S. The van der Waals surface area contributed by atoms with Crippen molar-refractivity contribution in [3.8, 4) is 11.1 Å². The molecule has 3 fully saturated rings. The van der Waals surface area contributed by atoms with Crippen LogP contribution >= 0.6 is 11.3 Å². The molecule has 0 bridgehead atoms. The van der Waals surface area contributed by atoms with E-state index in [1.54, 1.807) is 6.92 Å². The summed E-state index contributed by atoms with van der Waals surface area (Å²) in [6.45, 7) is 9.09. The molecule has 3 amide bonds. The van der Waals surface area contributed by atoms with Gasteiger partial charge >= 0.3 is 0 Å². The highest BCUT2D eigenvalue weighted by Gasteiger charge is 2.51. The molecule has 2 aromatic carbocycles. The van der Waals surface area contributed by atoms with Gasteiger partial charge in [-0.1, -0.05) is 30.3 Å². The summed E-state index contributed by atoms with van der Waals surface area (Å²) in [5, 5.41) is 1.31. The van der Waals surface area contributed by atoms with Crippen molar-refractivity contribution >= 4 is 45.0 Å². The fourth-order valence-corrected chi connectivity index (χ4v) is 7.98. The number of hydrogen-bond donors (Lipinski definition) is 0. The Morgan fingerprint density at radius 3 is 2.31 bits per heavy atom. The molecule has 1 spiro atoms. The van der Waals surface area contributed by atoms with Gasteiger partial charge < -0.3 is 9.80 Å². The Kier molecular flexibility index (Phi) is 6.72. The summed E-state index contributed by atoms with van der Waals surface area (Å²) in [5.41, 5.74) is 3.77. The Bertz CT molecular complexity index is 1610. The van der Waals surface area contributed by atoms with E-state index in [2.05, 4.69) is 56.3 Å². The smallest absolute Gasteiger partial charge is 0.256 e. The number of thiophene rings is 1. The van der Waals surface area contributed by atoms with Crippen LogP contribution in [0, 0.1) is 25.7 Å². The predicted molar refractivity (Wildman–Crippen MR) is 167 cm³/mol. The van der Waals surface area contributed by atoms with Crippen LogP contribution in [0.3, 0.4) is 0 Å². The number of likely N-dealkylation sites (tertiary alicyclic amines) is 2. The SMILES string of the molecule is CC(=O)N1CCC2(CC1)N=C(c1ccc(-c3ccc4sc(C)c(C)c4c3)cc1)N(C[C@@H]1CCN(C(=O)C3CC3)C1)C2=O. The number of benzene rings is 2. The van der Waals surface area contributed by atoms with Crippen molar-refractivity contribution in [2.75, 3.05) is 32.7 Å². The minimum absolute atomic E-state index is 0.0457. The maximum Gasteiger partial charge on any atom is 0.256 e. The predicted octanol–water partition coefficient (Wildman–Crippen LogP) is 5.41. The highest BCUT2D eigenvalue weighted by molar-refractivity contribution is 7.19. The molecule has 0 N–H and O–H groups in total. The molecule has 0 radical (unpaired) electrons. The number of aryl methyl sites for hydroxylation is 2. The minimum atomic E-state index is -0.818. The first-order chi connectivity index (χ1) is 20.2. The van der Waals surface area contributed by atoms with Crippen LogP contribution in [0.5, 0.6) is 0 Å². The van der Waals surface area contributed by atoms with E-state index in [9.17, 15) is 14.4 Å².